The lowest BCUT2D eigenvalue weighted by molar-refractivity contribution is 0.0600. The van der Waals surface area contributed by atoms with Crippen LogP contribution in [0.25, 0.3) is 0 Å². The van der Waals surface area contributed by atoms with E-state index < -0.39 is 16.0 Å². The molecule has 2 amide bonds. The van der Waals surface area contributed by atoms with Crippen LogP contribution < -0.4 is 14.9 Å². The lowest BCUT2D eigenvalue weighted by Gasteiger charge is -2.33. The molecule has 0 unspecified atom stereocenters. The minimum Gasteiger partial charge on any atom is -0.465 e. The van der Waals surface area contributed by atoms with Gasteiger partial charge >= 0.3 is 12.0 Å². The Hall–Kier alpha value is -2.33. The topological polar surface area (TPSA) is 108 Å². The Bertz CT molecular complexity index is 883. The van der Waals surface area contributed by atoms with Crippen molar-refractivity contribution in [1.82, 2.24) is 9.62 Å². The van der Waals surface area contributed by atoms with Gasteiger partial charge < -0.3 is 19.9 Å². The number of sulfonamides is 1. The average Bonchev–Trinajstić information content (AvgIpc) is 3.26. The summed E-state index contributed by atoms with van der Waals surface area (Å²) in [4.78, 5) is 28.8. The van der Waals surface area contributed by atoms with E-state index in [9.17, 15) is 18.0 Å². The molecule has 1 atom stereocenters. The lowest BCUT2D eigenvalue weighted by atomic mass is 9.99. The normalized spacial score (nSPS) is 19.6. The zero-order valence-electron chi connectivity index (χ0n) is 17.5. The number of nitrogens with one attached hydrogen (secondary N) is 2. The molecule has 0 spiro atoms. The third kappa shape index (κ3) is 5.85. The van der Waals surface area contributed by atoms with E-state index in [-0.39, 0.29) is 11.9 Å². The second-order valence-corrected chi connectivity index (χ2v) is 9.76. The number of methoxy groups -OCH3 is 1. The van der Waals surface area contributed by atoms with Gasteiger partial charge in [0, 0.05) is 32.7 Å². The number of hydrogen-bond acceptors (Lipinski definition) is 6. The van der Waals surface area contributed by atoms with Crippen LogP contribution >= 0.6 is 0 Å². The maximum absolute atomic E-state index is 13.0. The van der Waals surface area contributed by atoms with Gasteiger partial charge in [0.25, 0.3) is 0 Å². The number of hydrogen-bond donors (Lipinski definition) is 2. The van der Waals surface area contributed by atoms with Crippen molar-refractivity contribution in [2.45, 2.75) is 25.7 Å². The molecule has 2 aliphatic heterocycles. The van der Waals surface area contributed by atoms with Crippen LogP contribution in [0.2, 0.25) is 0 Å². The van der Waals surface area contributed by atoms with Gasteiger partial charge in [0.1, 0.15) is 0 Å². The summed E-state index contributed by atoms with van der Waals surface area (Å²) in [6.45, 7) is 3.22. The zero-order chi connectivity index (χ0) is 21.7. The Kier molecular flexibility index (Phi) is 7.19. The molecular weight excluding hydrogens is 408 g/mol. The van der Waals surface area contributed by atoms with E-state index in [0.29, 0.717) is 30.9 Å². The zero-order valence-corrected chi connectivity index (χ0v) is 18.3. The third-order valence-corrected chi connectivity index (χ3v) is 6.24. The molecule has 2 N–H and O–H groups in total. The van der Waals surface area contributed by atoms with Crippen LogP contribution in [0.5, 0.6) is 0 Å². The molecular formula is C20H30N4O5S. The minimum atomic E-state index is -3.26. The maximum atomic E-state index is 13.0. The first-order chi connectivity index (χ1) is 14.3. The molecule has 2 saturated heterocycles. The Morgan fingerprint density at radius 2 is 1.90 bits per heavy atom. The van der Waals surface area contributed by atoms with E-state index in [1.54, 1.807) is 17.0 Å². The number of benzene rings is 1. The Morgan fingerprint density at radius 3 is 2.57 bits per heavy atom. The van der Waals surface area contributed by atoms with Crippen molar-refractivity contribution in [2.24, 2.45) is 5.92 Å². The Balaban J connectivity index is 1.73. The van der Waals surface area contributed by atoms with Crippen LogP contribution in [0.15, 0.2) is 18.2 Å². The maximum Gasteiger partial charge on any atom is 0.337 e. The number of carbonyl (C=O) groups excluding carboxylic acids is 2. The fourth-order valence-corrected chi connectivity index (χ4v) is 4.53. The average molecular weight is 439 g/mol. The largest absolute Gasteiger partial charge is 0.465 e. The number of piperidine rings is 1. The molecule has 1 aromatic carbocycles. The number of amides is 2. The second kappa shape index (κ2) is 9.65. The molecule has 2 aliphatic rings. The van der Waals surface area contributed by atoms with Crippen molar-refractivity contribution in [3.05, 3.63) is 23.8 Å². The van der Waals surface area contributed by atoms with Crippen molar-refractivity contribution < 1.29 is 22.7 Å². The molecule has 10 heteroatoms. The van der Waals surface area contributed by atoms with Gasteiger partial charge in [-0.1, -0.05) is 0 Å². The smallest absolute Gasteiger partial charge is 0.337 e. The number of rotatable bonds is 6. The SMILES string of the molecule is COC(=O)c1ccc(N2CCCC2)c(NC(=O)N2CCC[C@H](CNS(C)(=O)=O)C2)c1. The van der Waals surface area contributed by atoms with Gasteiger partial charge in [-0.3, -0.25) is 0 Å². The van der Waals surface area contributed by atoms with E-state index in [2.05, 4.69) is 14.9 Å². The van der Waals surface area contributed by atoms with Gasteiger partial charge in [-0.15, -0.1) is 0 Å². The first-order valence-corrected chi connectivity index (χ1v) is 12.1. The molecule has 0 saturated carbocycles. The molecule has 3 rings (SSSR count). The number of nitrogens with zero attached hydrogens (tertiary/aromatic N) is 2. The monoisotopic (exact) mass is 438 g/mol. The fourth-order valence-electron chi connectivity index (χ4n) is 3.99. The van der Waals surface area contributed by atoms with E-state index in [0.717, 1.165) is 50.7 Å². The summed E-state index contributed by atoms with van der Waals surface area (Å²) in [5, 5.41) is 2.97. The second-order valence-electron chi connectivity index (χ2n) is 7.92. The van der Waals surface area contributed by atoms with Gasteiger partial charge in [0.05, 0.1) is 30.3 Å². The van der Waals surface area contributed by atoms with Gasteiger partial charge in [-0.25, -0.2) is 22.7 Å². The van der Waals surface area contributed by atoms with E-state index in [4.69, 9.17) is 4.74 Å². The summed E-state index contributed by atoms with van der Waals surface area (Å²) in [6.07, 6.45) is 4.99. The highest BCUT2D eigenvalue weighted by atomic mass is 32.2. The highest BCUT2D eigenvalue weighted by Crippen LogP contribution is 2.31. The van der Waals surface area contributed by atoms with Crippen molar-refractivity contribution in [1.29, 1.82) is 0 Å². The number of anilines is 2. The highest BCUT2D eigenvalue weighted by molar-refractivity contribution is 7.88. The predicted octanol–water partition coefficient (Wildman–Crippen LogP) is 1.87. The van der Waals surface area contributed by atoms with Crippen molar-refractivity contribution in [3.8, 4) is 0 Å². The lowest BCUT2D eigenvalue weighted by Crippen LogP contribution is -2.45. The fraction of sp³-hybridized carbons (Fsp3) is 0.600. The van der Waals surface area contributed by atoms with Crippen molar-refractivity contribution in [3.63, 3.8) is 0 Å². The summed E-state index contributed by atoms with van der Waals surface area (Å²) < 4.78 is 30.1. The first kappa shape index (κ1) is 22.4. The standard InChI is InChI=1S/C20H30N4O5S/c1-29-19(25)16-7-8-18(23-9-3-4-10-23)17(12-16)22-20(26)24-11-5-6-15(14-24)13-21-30(2,27)28/h7-8,12,15,21H,3-6,9-11,13-14H2,1-2H3,(H,22,26)/t15-/m1/s1. The van der Waals surface area contributed by atoms with Crippen LogP contribution in [0.1, 0.15) is 36.0 Å². The number of ether oxygens (including phenoxy) is 1. The molecule has 2 heterocycles. The molecule has 0 aliphatic carbocycles. The summed E-state index contributed by atoms with van der Waals surface area (Å²) in [6, 6.07) is 4.97. The van der Waals surface area contributed by atoms with Gasteiger partial charge in [-0.2, -0.15) is 0 Å². The molecule has 9 nitrogen and oxygen atoms in total. The molecule has 1 aromatic rings. The molecule has 166 valence electrons. The van der Waals surface area contributed by atoms with Crippen LogP contribution in [-0.2, 0) is 14.8 Å². The molecule has 0 bridgehead atoms. The molecule has 30 heavy (non-hydrogen) atoms. The third-order valence-electron chi connectivity index (χ3n) is 5.55. The van der Waals surface area contributed by atoms with E-state index in [1.807, 2.05) is 6.07 Å². The summed E-state index contributed by atoms with van der Waals surface area (Å²) in [5.74, 6) is -0.387. The van der Waals surface area contributed by atoms with Gasteiger partial charge in [0.15, 0.2) is 0 Å². The minimum absolute atomic E-state index is 0.0682. The molecule has 0 radical (unpaired) electrons. The van der Waals surface area contributed by atoms with Gasteiger partial charge in [0.2, 0.25) is 10.0 Å². The van der Waals surface area contributed by atoms with Crippen LogP contribution in [0.4, 0.5) is 16.2 Å². The predicted molar refractivity (Wildman–Crippen MR) is 115 cm³/mol. The summed E-state index contributed by atoms with van der Waals surface area (Å²) in [5.41, 5.74) is 1.85. The number of urea groups is 1. The number of esters is 1. The highest BCUT2D eigenvalue weighted by Gasteiger charge is 2.26. The molecule has 0 aromatic heterocycles. The quantitative estimate of drug-likeness (QED) is 0.657. The van der Waals surface area contributed by atoms with Crippen molar-refractivity contribution >= 4 is 33.4 Å². The van der Waals surface area contributed by atoms with Crippen LogP contribution in [0.3, 0.4) is 0 Å². The van der Waals surface area contributed by atoms with Crippen LogP contribution in [-0.4, -0.2) is 71.4 Å². The van der Waals surface area contributed by atoms with E-state index >= 15 is 0 Å². The Labute approximate surface area is 177 Å². The Morgan fingerprint density at radius 1 is 1.17 bits per heavy atom. The van der Waals surface area contributed by atoms with Crippen molar-refractivity contribution in [2.75, 3.05) is 56.3 Å². The number of carbonyl (C=O) groups is 2. The number of likely N-dealkylation sites (tertiary alicyclic amines) is 1. The first-order valence-electron chi connectivity index (χ1n) is 10.2. The summed E-state index contributed by atoms with van der Waals surface area (Å²) in [7, 11) is -1.93. The molecule has 2 fully saturated rings. The van der Waals surface area contributed by atoms with E-state index in [1.165, 1.54) is 7.11 Å². The summed E-state index contributed by atoms with van der Waals surface area (Å²) >= 11 is 0. The van der Waals surface area contributed by atoms with Crippen LogP contribution in [0, 0.1) is 5.92 Å². The van der Waals surface area contributed by atoms with Gasteiger partial charge in [-0.05, 0) is 49.8 Å².